The zero-order chi connectivity index (χ0) is 22.0. The van der Waals surface area contributed by atoms with E-state index in [1.165, 1.54) is 17.2 Å². The summed E-state index contributed by atoms with van der Waals surface area (Å²) >= 11 is 0. The fourth-order valence-corrected chi connectivity index (χ4v) is 4.76. The van der Waals surface area contributed by atoms with Crippen LogP contribution in [0.25, 0.3) is 0 Å². The van der Waals surface area contributed by atoms with Crippen molar-refractivity contribution in [3.05, 3.63) is 73.1 Å². The molecule has 2 aliphatic rings. The van der Waals surface area contributed by atoms with E-state index in [4.69, 9.17) is 0 Å². The summed E-state index contributed by atoms with van der Waals surface area (Å²) in [6.07, 6.45) is 1.13. The van der Waals surface area contributed by atoms with E-state index in [1.807, 2.05) is 12.1 Å². The molecule has 0 saturated heterocycles. The molecule has 0 amide bonds. The molecular formula is C24H29N3O3. The predicted octanol–water partition coefficient (Wildman–Crippen LogP) is 3.41. The lowest BCUT2D eigenvalue weighted by atomic mass is 9.69. The van der Waals surface area contributed by atoms with Gasteiger partial charge in [-0.25, -0.2) is 4.79 Å². The van der Waals surface area contributed by atoms with Crippen molar-refractivity contribution in [1.82, 2.24) is 9.13 Å². The molecule has 0 radical (unpaired) electrons. The van der Waals surface area contributed by atoms with Crippen molar-refractivity contribution in [3.63, 3.8) is 0 Å². The summed E-state index contributed by atoms with van der Waals surface area (Å²) in [6.45, 7) is 8.41. The van der Waals surface area contributed by atoms with Gasteiger partial charge in [-0.05, 0) is 28.9 Å². The number of allylic oxidation sites excluding steroid dienone is 2. The summed E-state index contributed by atoms with van der Waals surface area (Å²) in [4.78, 5) is 39.1. The van der Waals surface area contributed by atoms with Gasteiger partial charge in [0.1, 0.15) is 5.82 Å². The molecule has 0 fully saturated rings. The van der Waals surface area contributed by atoms with Crippen LogP contribution in [-0.4, -0.2) is 14.9 Å². The first kappa shape index (κ1) is 20.4. The van der Waals surface area contributed by atoms with Crippen LogP contribution in [0.3, 0.4) is 0 Å². The van der Waals surface area contributed by atoms with E-state index in [9.17, 15) is 14.4 Å². The van der Waals surface area contributed by atoms with Gasteiger partial charge in [-0.1, -0.05) is 52.0 Å². The Morgan fingerprint density at radius 1 is 1.00 bits per heavy atom. The van der Waals surface area contributed by atoms with E-state index in [0.29, 0.717) is 35.7 Å². The van der Waals surface area contributed by atoms with Crippen LogP contribution in [0.1, 0.15) is 69.1 Å². The number of benzene rings is 1. The monoisotopic (exact) mass is 407 g/mol. The minimum absolute atomic E-state index is 0.0632. The number of nitrogens with one attached hydrogen (secondary N) is 1. The molecule has 6 heteroatoms. The summed E-state index contributed by atoms with van der Waals surface area (Å²) in [5.74, 6) is 0.463. The van der Waals surface area contributed by atoms with Crippen molar-refractivity contribution in [2.75, 3.05) is 5.32 Å². The van der Waals surface area contributed by atoms with Gasteiger partial charge in [0.2, 0.25) is 0 Å². The molecule has 0 bridgehead atoms. The fraction of sp³-hybridized carbons (Fsp3) is 0.458. The smallest absolute Gasteiger partial charge is 0.332 e. The van der Waals surface area contributed by atoms with Crippen LogP contribution in [0, 0.1) is 5.41 Å². The summed E-state index contributed by atoms with van der Waals surface area (Å²) in [7, 11) is 3.15. The van der Waals surface area contributed by atoms with Gasteiger partial charge in [0.05, 0.1) is 5.56 Å². The van der Waals surface area contributed by atoms with Crippen molar-refractivity contribution in [2.24, 2.45) is 19.5 Å². The quantitative estimate of drug-likeness (QED) is 0.828. The van der Waals surface area contributed by atoms with E-state index < -0.39 is 5.92 Å². The highest BCUT2D eigenvalue weighted by Gasteiger charge is 2.42. The molecule has 30 heavy (non-hydrogen) atoms. The van der Waals surface area contributed by atoms with E-state index in [-0.39, 0.29) is 22.4 Å². The minimum Gasteiger partial charge on any atom is -0.344 e. The third-order valence-corrected chi connectivity index (χ3v) is 6.40. The van der Waals surface area contributed by atoms with Gasteiger partial charge in [0.15, 0.2) is 5.78 Å². The van der Waals surface area contributed by atoms with E-state index >= 15 is 0 Å². The SMILES string of the molecule is CC(C)c1ccc([C@@H]2C3=C(CC(C)(C)CC3=O)Nc3c2c(=O)n(C)c(=O)n3C)cc1. The van der Waals surface area contributed by atoms with Crippen LogP contribution in [0.15, 0.2) is 45.1 Å². The minimum atomic E-state index is -0.480. The second-order valence-corrected chi connectivity index (χ2v) is 9.68. The number of aromatic nitrogens is 2. The average molecular weight is 408 g/mol. The zero-order valence-electron chi connectivity index (χ0n) is 18.5. The van der Waals surface area contributed by atoms with Crippen molar-refractivity contribution in [3.8, 4) is 0 Å². The summed E-state index contributed by atoms with van der Waals surface area (Å²) in [5.41, 5.74) is 3.13. The maximum atomic E-state index is 13.3. The van der Waals surface area contributed by atoms with Crippen molar-refractivity contribution < 1.29 is 4.79 Å². The van der Waals surface area contributed by atoms with Crippen molar-refractivity contribution >= 4 is 11.6 Å². The normalized spacial score (nSPS) is 20.1. The molecule has 1 atom stereocenters. The molecule has 6 nitrogen and oxygen atoms in total. The highest BCUT2D eigenvalue weighted by atomic mass is 16.2. The van der Waals surface area contributed by atoms with Crippen LogP contribution < -0.4 is 16.6 Å². The third kappa shape index (κ3) is 3.06. The second kappa shape index (κ2) is 6.83. The number of carbonyl (C=O) groups is 1. The Morgan fingerprint density at radius 3 is 2.23 bits per heavy atom. The van der Waals surface area contributed by atoms with Crippen LogP contribution in [0.2, 0.25) is 0 Å². The molecule has 1 aliphatic heterocycles. The van der Waals surface area contributed by atoms with Gasteiger partial charge in [-0.3, -0.25) is 18.7 Å². The Balaban J connectivity index is 2.02. The second-order valence-electron chi connectivity index (χ2n) is 9.68. The molecule has 2 heterocycles. The topological polar surface area (TPSA) is 73.1 Å². The van der Waals surface area contributed by atoms with Gasteiger partial charge in [0.25, 0.3) is 5.56 Å². The van der Waals surface area contributed by atoms with Gasteiger partial charge in [-0.2, -0.15) is 0 Å². The van der Waals surface area contributed by atoms with Gasteiger partial charge in [-0.15, -0.1) is 0 Å². The van der Waals surface area contributed by atoms with Gasteiger partial charge in [0, 0.05) is 37.7 Å². The molecule has 1 aliphatic carbocycles. The van der Waals surface area contributed by atoms with Crippen LogP contribution in [0.5, 0.6) is 0 Å². The summed E-state index contributed by atoms with van der Waals surface area (Å²) in [6, 6.07) is 8.14. The van der Waals surface area contributed by atoms with Gasteiger partial charge >= 0.3 is 5.69 Å². The number of ketones is 1. The van der Waals surface area contributed by atoms with Crippen LogP contribution >= 0.6 is 0 Å². The largest absolute Gasteiger partial charge is 0.344 e. The van der Waals surface area contributed by atoms with Crippen molar-refractivity contribution in [2.45, 2.75) is 52.4 Å². The van der Waals surface area contributed by atoms with Crippen molar-refractivity contribution in [1.29, 1.82) is 0 Å². The number of hydrogen-bond acceptors (Lipinski definition) is 4. The number of nitrogens with zero attached hydrogens (tertiary/aromatic N) is 2. The number of rotatable bonds is 2. The first-order valence-electron chi connectivity index (χ1n) is 10.4. The predicted molar refractivity (Wildman–Crippen MR) is 118 cm³/mol. The number of Topliss-reactive ketones (excluding diaryl/α,β-unsaturated/α-hetero) is 1. The standard InChI is InChI=1S/C24H29N3O3/c1-13(2)14-7-9-15(10-8-14)18-19-16(11-24(3,4)12-17(19)28)25-21-20(18)22(29)27(6)23(30)26(21)5/h7-10,13,18,25H,11-12H2,1-6H3/t18-/m1/s1. The molecule has 0 spiro atoms. The Hall–Kier alpha value is -2.89. The highest BCUT2D eigenvalue weighted by molar-refractivity contribution is 6.01. The molecule has 0 unspecified atom stereocenters. The first-order valence-corrected chi connectivity index (χ1v) is 10.4. The Kier molecular flexibility index (Phi) is 4.64. The number of fused-ring (bicyclic) bond motifs is 1. The lowest BCUT2D eigenvalue weighted by Gasteiger charge is -2.39. The lowest BCUT2D eigenvalue weighted by molar-refractivity contribution is -0.118. The van der Waals surface area contributed by atoms with E-state index in [2.05, 4.69) is 45.1 Å². The van der Waals surface area contributed by atoms with E-state index in [1.54, 1.807) is 7.05 Å². The molecule has 0 saturated carbocycles. The average Bonchev–Trinajstić information content (AvgIpc) is 2.68. The van der Waals surface area contributed by atoms with Gasteiger partial charge < -0.3 is 5.32 Å². The summed E-state index contributed by atoms with van der Waals surface area (Å²) < 4.78 is 2.60. The molecule has 4 rings (SSSR count). The molecular weight excluding hydrogens is 378 g/mol. The van der Waals surface area contributed by atoms with Crippen LogP contribution in [-0.2, 0) is 18.9 Å². The summed E-state index contributed by atoms with van der Waals surface area (Å²) in [5, 5.41) is 3.30. The van der Waals surface area contributed by atoms with Crippen LogP contribution in [0.4, 0.5) is 5.82 Å². The Morgan fingerprint density at radius 2 is 1.63 bits per heavy atom. The Labute approximate surface area is 176 Å². The number of anilines is 1. The maximum Gasteiger partial charge on any atom is 0.332 e. The Bertz CT molecular complexity index is 1190. The third-order valence-electron chi connectivity index (χ3n) is 6.40. The lowest BCUT2D eigenvalue weighted by Crippen LogP contribution is -2.45. The molecule has 1 aromatic carbocycles. The fourth-order valence-electron chi connectivity index (χ4n) is 4.76. The molecule has 1 aromatic heterocycles. The molecule has 158 valence electrons. The number of carbonyl (C=O) groups excluding carboxylic acids is 1. The molecule has 1 N–H and O–H groups in total. The first-order chi connectivity index (χ1) is 14.0. The van der Waals surface area contributed by atoms with E-state index in [0.717, 1.165) is 15.8 Å². The number of hydrogen-bond donors (Lipinski definition) is 1. The molecule has 2 aromatic rings. The highest BCUT2D eigenvalue weighted by Crippen LogP contribution is 2.47. The maximum absolute atomic E-state index is 13.3. The zero-order valence-corrected chi connectivity index (χ0v) is 18.5.